The zero-order chi connectivity index (χ0) is 21.6. The molecule has 2 rings (SSSR count). The van der Waals surface area contributed by atoms with E-state index in [9.17, 15) is 24.0 Å². The Hall–Kier alpha value is -3.49. The van der Waals surface area contributed by atoms with Gasteiger partial charge in [-0.15, -0.1) is 0 Å². The molecule has 0 aliphatic carbocycles. The quantitative estimate of drug-likeness (QED) is 0.540. The molecule has 2 atom stereocenters. The largest absolute Gasteiger partial charge is 0.345 e. The highest BCUT2D eigenvalue weighted by Crippen LogP contribution is 2.09. The smallest absolute Gasteiger partial charge is 0.253 e. The molecule has 0 fully saturated rings. The van der Waals surface area contributed by atoms with Gasteiger partial charge in [0, 0.05) is 30.8 Å². The summed E-state index contributed by atoms with van der Waals surface area (Å²) < 4.78 is 0. The van der Waals surface area contributed by atoms with Gasteiger partial charge in [-0.3, -0.25) is 28.9 Å². The molecule has 1 heterocycles. The van der Waals surface area contributed by atoms with Crippen LogP contribution in [0.4, 0.5) is 5.69 Å². The Kier molecular flexibility index (Phi) is 7.24. The Morgan fingerprint density at radius 3 is 2.03 bits per heavy atom. The normalized spacial score (nSPS) is 15.1. The molecule has 29 heavy (non-hydrogen) atoms. The average Bonchev–Trinajstić information content (AvgIpc) is 2.99. The van der Waals surface area contributed by atoms with Crippen molar-refractivity contribution in [2.45, 2.75) is 39.3 Å². The monoisotopic (exact) mass is 400 g/mol. The summed E-state index contributed by atoms with van der Waals surface area (Å²) in [5.74, 6) is -2.35. The van der Waals surface area contributed by atoms with Crippen LogP contribution < -0.4 is 16.0 Å². The molecule has 5 amide bonds. The molecule has 1 aromatic carbocycles. The number of carbonyl (C=O) groups excluding carboxylic acids is 5. The van der Waals surface area contributed by atoms with Gasteiger partial charge in [0.2, 0.25) is 17.7 Å². The summed E-state index contributed by atoms with van der Waals surface area (Å²) in [5.41, 5.74) is 1.67. The summed E-state index contributed by atoms with van der Waals surface area (Å²) >= 11 is 0. The predicted octanol–water partition coefficient (Wildman–Crippen LogP) is 0.258. The van der Waals surface area contributed by atoms with E-state index in [2.05, 4.69) is 16.0 Å². The number of hydrogen-bond donors (Lipinski definition) is 3. The summed E-state index contributed by atoms with van der Waals surface area (Å²) in [7, 11) is 0. The Bertz CT molecular complexity index is 829. The van der Waals surface area contributed by atoms with E-state index in [1.54, 1.807) is 12.1 Å². The topological polar surface area (TPSA) is 125 Å². The van der Waals surface area contributed by atoms with E-state index < -0.39 is 35.7 Å². The molecule has 0 radical (unpaired) electrons. The molecular weight excluding hydrogens is 376 g/mol. The predicted molar refractivity (Wildman–Crippen MR) is 105 cm³/mol. The van der Waals surface area contributed by atoms with Crippen molar-refractivity contribution >= 4 is 35.2 Å². The number of carbonyl (C=O) groups is 5. The molecular formula is C20H24N4O5. The van der Waals surface area contributed by atoms with Crippen molar-refractivity contribution in [3.63, 3.8) is 0 Å². The van der Waals surface area contributed by atoms with Crippen LogP contribution in [0.25, 0.3) is 0 Å². The van der Waals surface area contributed by atoms with Gasteiger partial charge in [0.1, 0.15) is 12.1 Å². The second-order valence-electron chi connectivity index (χ2n) is 6.79. The number of benzene rings is 1. The van der Waals surface area contributed by atoms with Crippen LogP contribution in [0.1, 0.15) is 25.8 Å². The zero-order valence-corrected chi connectivity index (χ0v) is 16.5. The fourth-order valence-corrected chi connectivity index (χ4v) is 2.54. The van der Waals surface area contributed by atoms with E-state index in [0.717, 1.165) is 22.6 Å². The van der Waals surface area contributed by atoms with Crippen molar-refractivity contribution in [2.75, 3.05) is 11.9 Å². The van der Waals surface area contributed by atoms with E-state index in [-0.39, 0.29) is 18.9 Å². The number of rotatable bonds is 8. The first-order valence-corrected chi connectivity index (χ1v) is 9.18. The molecule has 0 unspecified atom stereocenters. The zero-order valence-electron chi connectivity index (χ0n) is 16.5. The van der Waals surface area contributed by atoms with Gasteiger partial charge in [-0.25, -0.2) is 0 Å². The van der Waals surface area contributed by atoms with Gasteiger partial charge in [-0.1, -0.05) is 17.7 Å². The third-order valence-electron chi connectivity index (χ3n) is 4.30. The molecule has 0 bridgehead atoms. The van der Waals surface area contributed by atoms with Crippen LogP contribution in [0.15, 0.2) is 36.4 Å². The maximum absolute atomic E-state index is 12.2. The van der Waals surface area contributed by atoms with Gasteiger partial charge in [0.15, 0.2) is 0 Å². The molecule has 0 saturated carbocycles. The van der Waals surface area contributed by atoms with Crippen molar-refractivity contribution < 1.29 is 24.0 Å². The molecule has 3 N–H and O–H groups in total. The summed E-state index contributed by atoms with van der Waals surface area (Å²) in [6.07, 6.45) is 2.15. The number of anilines is 1. The first kappa shape index (κ1) is 21.8. The lowest BCUT2D eigenvalue weighted by Crippen LogP contribution is -2.50. The minimum atomic E-state index is -0.889. The highest BCUT2D eigenvalue weighted by molar-refractivity contribution is 6.13. The molecule has 1 aromatic rings. The van der Waals surface area contributed by atoms with Gasteiger partial charge >= 0.3 is 0 Å². The first-order valence-electron chi connectivity index (χ1n) is 9.18. The minimum Gasteiger partial charge on any atom is -0.345 e. The lowest BCUT2D eigenvalue weighted by molar-refractivity contribution is -0.137. The van der Waals surface area contributed by atoms with Gasteiger partial charge in [-0.05, 0) is 32.9 Å². The van der Waals surface area contributed by atoms with Gasteiger partial charge in [0.05, 0.1) is 0 Å². The molecule has 154 valence electrons. The Morgan fingerprint density at radius 2 is 1.45 bits per heavy atom. The Balaban J connectivity index is 1.76. The number of imide groups is 1. The molecule has 9 heteroatoms. The molecule has 0 saturated heterocycles. The molecule has 1 aliphatic rings. The maximum atomic E-state index is 12.2. The van der Waals surface area contributed by atoms with Gasteiger partial charge < -0.3 is 16.0 Å². The number of hydrogen-bond acceptors (Lipinski definition) is 5. The highest BCUT2D eigenvalue weighted by Gasteiger charge is 2.25. The second-order valence-corrected chi connectivity index (χ2v) is 6.79. The van der Waals surface area contributed by atoms with Crippen molar-refractivity contribution in [1.82, 2.24) is 15.5 Å². The maximum Gasteiger partial charge on any atom is 0.253 e. The number of amides is 5. The van der Waals surface area contributed by atoms with Crippen LogP contribution in [0.3, 0.4) is 0 Å². The van der Waals surface area contributed by atoms with Gasteiger partial charge in [0.25, 0.3) is 11.8 Å². The highest BCUT2D eigenvalue weighted by atomic mass is 16.2. The van der Waals surface area contributed by atoms with Crippen molar-refractivity contribution in [1.29, 1.82) is 0 Å². The molecule has 9 nitrogen and oxygen atoms in total. The van der Waals surface area contributed by atoms with Crippen LogP contribution in [0.2, 0.25) is 0 Å². The molecule has 0 aromatic heterocycles. The van der Waals surface area contributed by atoms with E-state index in [0.29, 0.717) is 5.69 Å². The first-order chi connectivity index (χ1) is 13.7. The average molecular weight is 400 g/mol. The number of nitrogens with zero attached hydrogens (tertiary/aromatic N) is 1. The summed E-state index contributed by atoms with van der Waals surface area (Å²) in [5, 5.41) is 7.71. The fraction of sp³-hybridized carbons (Fsp3) is 0.350. The van der Waals surface area contributed by atoms with E-state index in [1.165, 1.54) is 13.8 Å². The van der Waals surface area contributed by atoms with Gasteiger partial charge in [-0.2, -0.15) is 0 Å². The van der Waals surface area contributed by atoms with E-state index >= 15 is 0 Å². The second kappa shape index (κ2) is 9.63. The van der Waals surface area contributed by atoms with Crippen molar-refractivity contribution in [2.24, 2.45) is 0 Å². The van der Waals surface area contributed by atoms with Crippen LogP contribution in [0, 0.1) is 6.92 Å². The van der Waals surface area contributed by atoms with Crippen LogP contribution in [-0.2, 0) is 24.0 Å². The van der Waals surface area contributed by atoms with Crippen LogP contribution in [-0.4, -0.2) is 53.1 Å². The number of aryl methyl sites for hydroxylation is 1. The lowest BCUT2D eigenvalue weighted by Gasteiger charge is -2.19. The summed E-state index contributed by atoms with van der Waals surface area (Å²) in [6.45, 7) is 4.88. The lowest BCUT2D eigenvalue weighted by atomic mass is 10.2. The van der Waals surface area contributed by atoms with E-state index in [4.69, 9.17) is 0 Å². The molecule has 0 spiro atoms. The third kappa shape index (κ3) is 6.27. The summed E-state index contributed by atoms with van der Waals surface area (Å²) in [4.78, 5) is 60.2. The van der Waals surface area contributed by atoms with Crippen LogP contribution >= 0.6 is 0 Å². The number of nitrogens with one attached hydrogen (secondary N) is 3. The third-order valence-corrected chi connectivity index (χ3v) is 4.30. The summed E-state index contributed by atoms with van der Waals surface area (Å²) in [6, 6.07) is 5.53. The fourth-order valence-electron chi connectivity index (χ4n) is 2.54. The standard InChI is InChI=1S/C20H24N4O5/c1-12-4-6-15(7-5-12)23-20(29)14(3)22-19(28)13(2)21-16(25)10-11-24-17(26)8-9-18(24)27/h4-9,13-14H,10-11H2,1-3H3,(H,21,25)(H,22,28)(H,23,29)/t13-,14-/m0/s1. The van der Waals surface area contributed by atoms with Crippen molar-refractivity contribution in [3.05, 3.63) is 42.0 Å². The van der Waals surface area contributed by atoms with Crippen molar-refractivity contribution in [3.8, 4) is 0 Å². The van der Waals surface area contributed by atoms with E-state index in [1.807, 2.05) is 19.1 Å². The Labute approximate surface area is 168 Å². The Morgan fingerprint density at radius 1 is 0.897 bits per heavy atom. The minimum absolute atomic E-state index is 0.0692. The molecule has 1 aliphatic heterocycles. The SMILES string of the molecule is Cc1ccc(NC(=O)[C@H](C)NC(=O)[C@H](C)NC(=O)CCN2C(=O)C=CC2=O)cc1. The van der Waals surface area contributed by atoms with Crippen LogP contribution in [0.5, 0.6) is 0 Å².